The fourth-order valence-corrected chi connectivity index (χ4v) is 1.76. The van der Waals surface area contributed by atoms with Gasteiger partial charge in [-0.25, -0.2) is 0 Å². The Morgan fingerprint density at radius 3 is 2.54 bits per heavy atom. The second kappa shape index (κ2) is 4.97. The summed E-state index contributed by atoms with van der Waals surface area (Å²) in [5.41, 5.74) is 0. The van der Waals surface area contributed by atoms with Crippen LogP contribution in [-0.2, 0) is 4.74 Å². The van der Waals surface area contributed by atoms with Crippen LogP contribution in [0, 0.1) is 5.92 Å². The van der Waals surface area contributed by atoms with E-state index in [9.17, 15) is 0 Å². The number of hydrogen-bond acceptors (Lipinski definition) is 2. The van der Waals surface area contributed by atoms with Crippen LogP contribution in [0.1, 0.15) is 38.5 Å². The largest absolute Gasteiger partial charge is 0.380 e. The zero-order valence-corrected chi connectivity index (χ0v) is 8.43. The molecule has 2 aliphatic rings. The quantitative estimate of drug-likeness (QED) is 0.609. The first-order chi connectivity index (χ1) is 6.45. The van der Waals surface area contributed by atoms with E-state index >= 15 is 0 Å². The molecule has 0 aliphatic heterocycles. The van der Waals surface area contributed by atoms with Crippen molar-refractivity contribution in [3.8, 4) is 0 Å². The Labute approximate surface area is 81.0 Å². The molecule has 2 nitrogen and oxygen atoms in total. The Kier molecular flexibility index (Phi) is 3.62. The zero-order valence-electron chi connectivity index (χ0n) is 8.43. The van der Waals surface area contributed by atoms with Crippen LogP contribution >= 0.6 is 0 Å². The van der Waals surface area contributed by atoms with E-state index in [1.807, 2.05) is 0 Å². The second-order valence-electron chi connectivity index (χ2n) is 4.43. The summed E-state index contributed by atoms with van der Waals surface area (Å²) in [5, 5.41) is 3.45. The van der Waals surface area contributed by atoms with E-state index in [1.165, 1.54) is 38.5 Å². The van der Waals surface area contributed by atoms with Gasteiger partial charge in [-0.05, 0) is 25.2 Å². The Balaban J connectivity index is 1.32. The molecule has 0 aromatic rings. The predicted molar refractivity (Wildman–Crippen MR) is 53.8 cm³/mol. The van der Waals surface area contributed by atoms with Gasteiger partial charge in [0, 0.05) is 19.2 Å². The third-order valence-corrected chi connectivity index (χ3v) is 3.15. The van der Waals surface area contributed by atoms with Crippen LogP contribution < -0.4 is 5.32 Å². The van der Waals surface area contributed by atoms with Crippen LogP contribution in [0.25, 0.3) is 0 Å². The van der Waals surface area contributed by atoms with Crippen molar-refractivity contribution in [3.63, 3.8) is 0 Å². The molecule has 0 aromatic carbocycles. The number of hydrogen-bond donors (Lipinski definition) is 1. The van der Waals surface area contributed by atoms with Gasteiger partial charge in [0.15, 0.2) is 0 Å². The normalized spacial score (nSPS) is 23.1. The van der Waals surface area contributed by atoms with Gasteiger partial charge >= 0.3 is 0 Å². The highest BCUT2D eigenvalue weighted by molar-refractivity contribution is 4.80. The van der Waals surface area contributed by atoms with Crippen molar-refractivity contribution in [1.29, 1.82) is 0 Å². The molecule has 2 rings (SSSR count). The van der Waals surface area contributed by atoms with Crippen LogP contribution in [0.3, 0.4) is 0 Å². The minimum absolute atomic E-state index is 0.829. The third kappa shape index (κ3) is 3.65. The van der Waals surface area contributed by atoms with Crippen molar-refractivity contribution in [2.24, 2.45) is 5.92 Å². The minimum Gasteiger partial charge on any atom is -0.380 e. The van der Waals surface area contributed by atoms with Gasteiger partial charge < -0.3 is 10.1 Å². The van der Waals surface area contributed by atoms with Gasteiger partial charge in [0.05, 0.1) is 6.61 Å². The summed E-state index contributed by atoms with van der Waals surface area (Å²) in [5.74, 6) is 0.997. The molecule has 0 spiro atoms. The third-order valence-electron chi connectivity index (χ3n) is 3.15. The van der Waals surface area contributed by atoms with Gasteiger partial charge in [0.2, 0.25) is 0 Å². The molecule has 0 saturated heterocycles. The maximum atomic E-state index is 5.56. The second-order valence-corrected chi connectivity index (χ2v) is 4.43. The van der Waals surface area contributed by atoms with Crippen molar-refractivity contribution in [2.45, 2.75) is 44.6 Å². The van der Waals surface area contributed by atoms with E-state index in [0.29, 0.717) is 0 Å². The fraction of sp³-hybridized carbons (Fsp3) is 1.00. The molecule has 0 unspecified atom stereocenters. The molecule has 1 N–H and O–H groups in total. The van der Waals surface area contributed by atoms with Gasteiger partial charge in [-0.2, -0.15) is 0 Å². The molecule has 2 fully saturated rings. The molecular weight excluding hydrogens is 162 g/mol. The molecule has 0 radical (unpaired) electrons. The van der Waals surface area contributed by atoms with Crippen LogP contribution in [0.5, 0.6) is 0 Å². The number of rotatable bonds is 7. The van der Waals surface area contributed by atoms with Crippen LogP contribution in [0.2, 0.25) is 0 Å². The highest BCUT2D eigenvalue weighted by atomic mass is 16.5. The Bertz CT molecular complexity index is 141. The number of ether oxygens (including phenoxy) is 1. The smallest absolute Gasteiger partial charge is 0.0591 e. The Morgan fingerprint density at radius 2 is 1.92 bits per heavy atom. The SMILES string of the molecule is C1CC(CCOCCNC2CC2)C1. The average molecular weight is 183 g/mol. The summed E-state index contributed by atoms with van der Waals surface area (Å²) in [6.45, 7) is 2.94. The topological polar surface area (TPSA) is 21.3 Å². The molecule has 2 saturated carbocycles. The maximum absolute atomic E-state index is 5.56. The van der Waals surface area contributed by atoms with Crippen molar-refractivity contribution >= 4 is 0 Å². The molecule has 0 amide bonds. The van der Waals surface area contributed by atoms with Gasteiger partial charge in [0.25, 0.3) is 0 Å². The highest BCUT2D eigenvalue weighted by Crippen LogP contribution is 2.29. The van der Waals surface area contributed by atoms with Gasteiger partial charge in [-0.1, -0.05) is 19.3 Å². The lowest BCUT2D eigenvalue weighted by molar-refractivity contribution is 0.108. The van der Waals surface area contributed by atoms with E-state index in [0.717, 1.165) is 31.7 Å². The standard InChI is InChI=1S/C11H21NO/c1-2-10(3-1)6-8-13-9-7-12-11-4-5-11/h10-12H,1-9H2. The summed E-state index contributed by atoms with van der Waals surface area (Å²) in [6, 6.07) is 0.829. The predicted octanol–water partition coefficient (Wildman–Crippen LogP) is 1.95. The summed E-state index contributed by atoms with van der Waals surface area (Å²) in [4.78, 5) is 0. The minimum atomic E-state index is 0.829. The summed E-state index contributed by atoms with van der Waals surface area (Å²) in [7, 11) is 0. The molecule has 76 valence electrons. The average Bonchev–Trinajstić information content (AvgIpc) is 2.83. The van der Waals surface area contributed by atoms with Crippen LogP contribution in [0.4, 0.5) is 0 Å². The molecular formula is C11H21NO. The summed E-state index contributed by atoms with van der Waals surface area (Å²) in [6.07, 6.45) is 8.40. The van der Waals surface area contributed by atoms with Crippen molar-refractivity contribution in [2.75, 3.05) is 19.8 Å². The van der Waals surface area contributed by atoms with Gasteiger partial charge in [-0.3, -0.25) is 0 Å². The zero-order chi connectivity index (χ0) is 8.93. The van der Waals surface area contributed by atoms with E-state index in [4.69, 9.17) is 4.74 Å². The maximum Gasteiger partial charge on any atom is 0.0591 e. The highest BCUT2D eigenvalue weighted by Gasteiger charge is 2.19. The van der Waals surface area contributed by atoms with Gasteiger partial charge in [0.1, 0.15) is 0 Å². The number of nitrogens with one attached hydrogen (secondary N) is 1. The fourth-order valence-electron chi connectivity index (χ4n) is 1.76. The van der Waals surface area contributed by atoms with E-state index in [2.05, 4.69) is 5.32 Å². The first kappa shape index (κ1) is 9.47. The molecule has 0 aromatic heterocycles. The Morgan fingerprint density at radius 1 is 1.08 bits per heavy atom. The van der Waals surface area contributed by atoms with Crippen LogP contribution in [-0.4, -0.2) is 25.8 Å². The van der Waals surface area contributed by atoms with E-state index < -0.39 is 0 Å². The first-order valence-electron chi connectivity index (χ1n) is 5.76. The molecule has 0 atom stereocenters. The molecule has 0 heterocycles. The van der Waals surface area contributed by atoms with Crippen LogP contribution in [0.15, 0.2) is 0 Å². The lowest BCUT2D eigenvalue weighted by Gasteiger charge is -2.24. The first-order valence-corrected chi connectivity index (χ1v) is 5.76. The lowest BCUT2D eigenvalue weighted by Crippen LogP contribution is -2.22. The van der Waals surface area contributed by atoms with Crippen molar-refractivity contribution in [1.82, 2.24) is 5.32 Å². The molecule has 2 heteroatoms. The Hall–Kier alpha value is -0.0800. The monoisotopic (exact) mass is 183 g/mol. The summed E-state index contributed by atoms with van der Waals surface area (Å²) >= 11 is 0. The summed E-state index contributed by atoms with van der Waals surface area (Å²) < 4.78 is 5.56. The lowest BCUT2D eigenvalue weighted by atomic mass is 9.83. The molecule has 2 aliphatic carbocycles. The van der Waals surface area contributed by atoms with Gasteiger partial charge in [-0.15, -0.1) is 0 Å². The van der Waals surface area contributed by atoms with Crippen molar-refractivity contribution < 1.29 is 4.74 Å². The van der Waals surface area contributed by atoms with E-state index in [-0.39, 0.29) is 0 Å². The van der Waals surface area contributed by atoms with E-state index in [1.54, 1.807) is 0 Å². The van der Waals surface area contributed by atoms with Crippen molar-refractivity contribution in [3.05, 3.63) is 0 Å². The molecule has 13 heavy (non-hydrogen) atoms. The molecule has 0 bridgehead atoms.